The minimum Gasteiger partial charge on any atom is -0.350 e. The number of hydrogen-bond donors (Lipinski definition) is 2. The van der Waals surface area contributed by atoms with E-state index in [2.05, 4.69) is 29.5 Å². The molecule has 2 amide bonds. The summed E-state index contributed by atoms with van der Waals surface area (Å²) in [5.74, 6) is -0.205. The van der Waals surface area contributed by atoms with Gasteiger partial charge in [-0.15, -0.1) is 0 Å². The molecule has 1 heterocycles. The fraction of sp³-hybridized carbons (Fsp3) is 0.381. The third kappa shape index (κ3) is 4.69. The molecule has 26 heavy (non-hydrogen) atoms. The molecule has 138 valence electrons. The zero-order valence-corrected chi connectivity index (χ0v) is 16.1. The van der Waals surface area contributed by atoms with Gasteiger partial charge in [-0.1, -0.05) is 39.0 Å². The number of amides is 2. The van der Waals surface area contributed by atoms with Crippen LogP contribution < -0.4 is 10.6 Å². The Bertz CT molecular complexity index is 800. The Labute approximate surface area is 155 Å². The highest BCUT2D eigenvalue weighted by Gasteiger charge is 2.16. The third-order valence-electron chi connectivity index (χ3n) is 4.42. The number of carbonyl (C=O) groups excluding carboxylic acids is 2. The molecule has 0 bridgehead atoms. The van der Waals surface area contributed by atoms with Crippen molar-refractivity contribution >= 4 is 17.5 Å². The van der Waals surface area contributed by atoms with E-state index < -0.39 is 0 Å². The van der Waals surface area contributed by atoms with E-state index in [-0.39, 0.29) is 23.8 Å². The smallest absolute Gasteiger partial charge is 0.257 e. The predicted molar refractivity (Wildman–Crippen MR) is 105 cm³/mol. The topological polar surface area (TPSA) is 71.1 Å². The van der Waals surface area contributed by atoms with Gasteiger partial charge in [-0.05, 0) is 43.4 Å². The van der Waals surface area contributed by atoms with Crippen LogP contribution in [0.4, 0.5) is 5.69 Å². The molecule has 2 aromatic rings. The number of pyridine rings is 1. The van der Waals surface area contributed by atoms with E-state index in [9.17, 15) is 9.59 Å². The normalized spacial score (nSPS) is 11.9. The third-order valence-corrected chi connectivity index (χ3v) is 4.42. The van der Waals surface area contributed by atoms with E-state index in [1.807, 2.05) is 39.0 Å². The Morgan fingerprint density at radius 3 is 2.35 bits per heavy atom. The molecule has 1 atom stereocenters. The highest BCUT2D eigenvalue weighted by Crippen LogP contribution is 2.27. The van der Waals surface area contributed by atoms with Gasteiger partial charge in [-0.3, -0.25) is 14.6 Å². The van der Waals surface area contributed by atoms with Gasteiger partial charge >= 0.3 is 0 Å². The van der Waals surface area contributed by atoms with E-state index in [0.29, 0.717) is 11.1 Å². The largest absolute Gasteiger partial charge is 0.350 e. The number of rotatable bonds is 6. The molecule has 0 saturated heterocycles. The lowest BCUT2D eigenvalue weighted by molar-refractivity contribution is 0.0939. The number of nitrogens with zero attached hydrogens (tertiary/aromatic N) is 1. The molecule has 5 nitrogen and oxygen atoms in total. The van der Waals surface area contributed by atoms with Crippen molar-refractivity contribution in [2.24, 2.45) is 0 Å². The second-order valence-corrected chi connectivity index (χ2v) is 6.89. The summed E-state index contributed by atoms with van der Waals surface area (Å²) in [6, 6.07) is 7.62. The Hall–Kier alpha value is -2.69. The van der Waals surface area contributed by atoms with Crippen molar-refractivity contribution < 1.29 is 9.59 Å². The summed E-state index contributed by atoms with van der Waals surface area (Å²) in [6.07, 6.45) is 3.79. The molecule has 1 aromatic heterocycles. The van der Waals surface area contributed by atoms with Crippen LogP contribution in [0.25, 0.3) is 0 Å². The van der Waals surface area contributed by atoms with E-state index in [0.717, 1.165) is 23.2 Å². The first-order valence-electron chi connectivity index (χ1n) is 9.00. The lowest BCUT2D eigenvalue weighted by Crippen LogP contribution is -2.32. The van der Waals surface area contributed by atoms with E-state index in [4.69, 9.17) is 0 Å². The second kappa shape index (κ2) is 8.61. The Kier molecular flexibility index (Phi) is 6.50. The summed E-state index contributed by atoms with van der Waals surface area (Å²) in [5, 5.41) is 5.87. The van der Waals surface area contributed by atoms with Gasteiger partial charge in [0.25, 0.3) is 11.8 Å². The molecule has 0 radical (unpaired) electrons. The first-order valence-corrected chi connectivity index (χ1v) is 9.00. The molecule has 0 fully saturated rings. The summed E-state index contributed by atoms with van der Waals surface area (Å²) in [7, 11) is 0. The predicted octanol–water partition coefficient (Wildman–Crippen LogP) is 4.29. The number of benzene rings is 1. The zero-order valence-electron chi connectivity index (χ0n) is 16.1. The average molecular weight is 353 g/mol. The number of carbonyl (C=O) groups is 2. The summed E-state index contributed by atoms with van der Waals surface area (Å²) in [5.41, 5.74) is 3.65. The fourth-order valence-electron chi connectivity index (χ4n) is 2.63. The standard InChI is InChI=1S/C21H27N3O2/c1-6-15(5)23-20(25)16-10-17(12-22-11-16)21(26)24-19-14(4)8-7-9-18(19)13(2)3/h7-13,15H,6H2,1-5H3,(H,23,25)(H,24,26). The number of para-hydroxylation sites is 1. The minimum absolute atomic E-state index is 0.0700. The molecule has 0 aliphatic carbocycles. The molecule has 0 aliphatic rings. The second-order valence-electron chi connectivity index (χ2n) is 6.89. The molecule has 5 heteroatoms. The Morgan fingerprint density at radius 1 is 1.08 bits per heavy atom. The number of anilines is 1. The van der Waals surface area contributed by atoms with Crippen molar-refractivity contribution in [3.05, 3.63) is 58.9 Å². The lowest BCUT2D eigenvalue weighted by atomic mass is 9.98. The highest BCUT2D eigenvalue weighted by atomic mass is 16.2. The fourth-order valence-corrected chi connectivity index (χ4v) is 2.63. The van der Waals surface area contributed by atoms with Crippen LogP contribution >= 0.6 is 0 Å². The van der Waals surface area contributed by atoms with E-state index >= 15 is 0 Å². The van der Waals surface area contributed by atoms with Crippen molar-refractivity contribution in [1.82, 2.24) is 10.3 Å². The first-order chi connectivity index (χ1) is 12.3. The number of nitrogens with one attached hydrogen (secondary N) is 2. The SMILES string of the molecule is CCC(C)NC(=O)c1cncc(C(=O)Nc2c(C)cccc2C(C)C)c1. The van der Waals surface area contributed by atoms with Gasteiger partial charge in [-0.2, -0.15) is 0 Å². The quantitative estimate of drug-likeness (QED) is 0.813. The van der Waals surface area contributed by atoms with Gasteiger partial charge in [0.15, 0.2) is 0 Å². The van der Waals surface area contributed by atoms with Crippen LogP contribution in [0, 0.1) is 6.92 Å². The molecule has 0 saturated carbocycles. The monoisotopic (exact) mass is 353 g/mol. The maximum absolute atomic E-state index is 12.7. The van der Waals surface area contributed by atoms with Crippen molar-refractivity contribution in [2.75, 3.05) is 5.32 Å². The summed E-state index contributed by atoms with van der Waals surface area (Å²) in [6.45, 7) is 10.1. The molecule has 1 unspecified atom stereocenters. The van der Waals surface area contributed by atoms with E-state index in [1.165, 1.54) is 12.4 Å². The van der Waals surface area contributed by atoms with Crippen LogP contribution in [-0.4, -0.2) is 22.8 Å². The van der Waals surface area contributed by atoms with Crippen LogP contribution in [0.15, 0.2) is 36.7 Å². The molecular formula is C21H27N3O2. The Morgan fingerprint density at radius 2 is 1.73 bits per heavy atom. The van der Waals surface area contributed by atoms with Gasteiger partial charge in [0, 0.05) is 24.1 Å². The van der Waals surface area contributed by atoms with Crippen LogP contribution in [0.3, 0.4) is 0 Å². The summed E-state index contributed by atoms with van der Waals surface area (Å²) >= 11 is 0. The molecule has 2 rings (SSSR count). The van der Waals surface area contributed by atoms with Gasteiger partial charge in [0.1, 0.15) is 0 Å². The summed E-state index contributed by atoms with van der Waals surface area (Å²) in [4.78, 5) is 29.0. The lowest BCUT2D eigenvalue weighted by Gasteiger charge is -2.16. The van der Waals surface area contributed by atoms with Crippen molar-refractivity contribution in [3.8, 4) is 0 Å². The molecule has 1 aromatic carbocycles. The molecule has 2 N–H and O–H groups in total. The maximum Gasteiger partial charge on any atom is 0.257 e. The van der Waals surface area contributed by atoms with Crippen molar-refractivity contribution in [2.45, 2.75) is 53.0 Å². The van der Waals surface area contributed by atoms with Crippen molar-refractivity contribution in [1.29, 1.82) is 0 Å². The van der Waals surface area contributed by atoms with E-state index in [1.54, 1.807) is 6.07 Å². The average Bonchev–Trinajstić information content (AvgIpc) is 2.62. The zero-order chi connectivity index (χ0) is 19.3. The van der Waals surface area contributed by atoms with Gasteiger partial charge in [0.05, 0.1) is 11.1 Å². The first kappa shape index (κ1) is 19.6. The van der Waals surface area contributed by atoms with Crippen LogP contribution in [0.2, 0.25) is 0 Å². The minimum atomic E-state index is -0.271. The maximum atomic E-state index is 12.7. The summed E-state index contributed by atoms with van der Waals surface area (Å²) < 4.78 is 0. The number of hydrogen-bond acceptors (Lipinski definition) is 3. The van der Waals surface area contributed by atoms with Gasteiger partial charge < -0.3 is 10.6 Å². The van der Waals surface area contributed by atoms with Gasteiger partial charge in [0.2, 0.25) is 0 Å². The number of aromatic nitrogens is 1. The van der Waals surface area contributed by atoms with Gasteiger partial charge in [-0.25, -0.2) is 0 Å². The highest BCUT2D eigenvalue weighted by molar-refractivity contribution is 6.06. The van der Waals surface area contributed by atoms with Crippen LogP contribution in [-0.2, 0) is 0 Å². The Balaban J connectivity index is 2.24. The number of aryl methyl sites for hydroxylation is 1. The van der Waals surface area contributed by atoms with Crippen LogP contribution in [0.5, 0.6) is 0 Å². The molecular weight excluding hydrogens is 326 g/mol. The van der Waals surface area contributed by atoms with Crippen LogP contribution in [0.1, 0.15) is 71.9 Å². The molecule has 0 spiro atoms. The van der Waals surface area contributed by atoms with Crippen molar-refractivity contribution in [3.63, 3.8) is 0 Å². The molecule has 0 aliphatic heterocycles.